The monoisotopic (exact) mass is 1720 g/mol. The van der Waals surface area contributed by atoms with Gasteiger partial charge < -0.3 is 66.3 Å². The molecule has 1 saturated carbocycles. The van der Waals surface area contributed by atoms with Crippen molar-refractivity contribution < 1.29 is 71.1 Å². The fraction of sp³-hybridized carbons (Fsp3) is 0.306. The van der Waals surface area contributed by atoms with Gasteiger partial charge in [-0.25, -0.2) is 4.79 Å². The third-order valence-corrected chi connectivity index (χ3v) is 20.7. The fourth-order valence-corrected chi connectivity index (χ4v) is 13.2. The molecule has 1 aliphatic carbocycles. The molecule has 1 fully saturated rings. The Morgan fingerprint density at radius 3 is 1.22 bits per heavy atom. The molecule has 0 heterocycles. The summed E-state index contributed by atoms with van der Waals surface area (Å²) in [5.74, 6) is 7.44. The molecule has 0 radical (unpaired) electrons. The number of fused-ring (bicyclic) bond motifs is 1. The zero-order valence-electron chi connectivity index (χ0n) is 75.4. The van der Waals surface area contributed by atoms with E-state index in [0.29, 0.717) is 45.3 Å². The molecule has 2 atom stereocenters. The molecule has 1 aliphatic rings. The first-order chi connectivity index (χ1) is 62.5. The highest BCUT2D eigenvalue weighted by Crippen LogP contribution is 2.34. The molecule has 1 amide bonds. The van der Waals surface area contributed by atoms with Crippen LogP contribution in [-0.4, -0.2) is 86.0 Å². The lowest BCUT2D eigenvalue weighted by Gasteiger charge is -2.22. The van der Waals surface area contributed by atoms with Gasteiger partial charge in [-0.2, -0.15) is 0 Å². The topological polar surface area (TPSA) is 158 Å². The molecule has 0 aliphatic heterocycles. The lowest BCUT2D eigenvalue weighted by Crippen LogP contribution is -2.23. The van der Waals surface area contributed by atoms with Gasteiger partial charge in [-0.1, -0.05) is 285 Å². The first-order valence-corrected chi connectivity index (χ1v) is 44.7. The second kappa shape index (κ2) is 59.5. The lowest BCUT2D eigenvalue weighted by atomic mass is 9.84. The number of methoxy groups -OCH3 is 1. The smallest absolute Gasteiger partial charge is 0.411 e. The van der Waals surface area contributed by atoms with Crippen molar-refractivity contribution >= 4 is 22.6 Å². The number of carbonyl (C=O) groups is 1. The van der Waals surface area contributed by atoms with Gasteiger partial charge in [0.25, 0.3) is 0 Å². The van der Waals surface area contributed by atoms with Gasteiger partial charge in [-0.05, 0) is 240 Å². The highest BCUT2D eigenvalue weighted by molar-refractivity contribution is 5.85. The van der Waals surface area contributed by atoms with E-state index in [2.05, 4.69) is 174 Å². The third-order valence-electron chi connectivity index (χ3n) is 20.7. The molecule has 13 aromatic rings. The van der Waals surface area contributed by atoms with Crippen LogP contribution in [0.15, 0.2) is 334 Å². The Morgan fingerprint density at radius 2 is 0.693 bits per heavy atom. The van der Waals surface area contributed by atoms with Gasteiger partial charge in [-0.15, -0.1) is 0 Å². The maximum absolute atomic E-state index is 11.5. The molecule has 14 rings (SSSR count). The molecule has 668 valence electrons. The first-order valence-electron chi connectivity index (χ1n) is 44.7. The van der Waals surface area contributed by atoms with Crippen LogP contribution < -0.4 is 43.2 Å². The molecule has 0 spiro atoms. The molecule has 2 unspecified atom stereocenters. The number of hydrogen-bond acceptors (Lipinski definition) is 15. The summed E-state index contributed by atoms with van der Waals surface area (Å²) in [6.07, 6.45) is 13.3. The van der Waals surface area contributed by atoms with Crippen LogP contribution in [-0.2, 0) is 86.4 Å². The predicted octanol–water partition coefficient (Wildman–Crippen LogP) is 26.3. The number of ether oxygens (including phenoxy) is 14. The molecule has 0 saturated heterocycles. The third kappa shape index (κ3) is 39.4. The Morgan fingerprint density at radius 1 is 0.315 bits per heavy atom. The van der Waals surface area contributed by atoms with Gasteiger partial charge in [0.05, 0.1) is 19.8 Å². The summed E-state index contributed by atoms with van der Waals surface area (Å²) in [5, 5.41) is 5.05. The number of amides is 1. The minimum absolute atomic E-state index is 0.120. The van der Waals surface area contributed by atoms with Gasteiger partial charge in [0, 0.05) is 32.2 Å². The van der Waals surface area contributed by atoms with Crippen LogP contribution >= 0.6 is 0 Å². The van der Waals surface area contributed by atoms with Crippen molar-refractivity contribution in [3.8, 4) is 46.0 Å². The summed E-state index contributed by atoms with van der Waals surface area (Å²) in [7, 11) is 1.67. The highest BCUT2D eigenvalue weighted by atomic mass is 16.7. The Kier molecular flexibility index (Phi) is 46.1. The Balaban J connectivity index is 0.000000174. The molecule has 0 bridgehead atoms. The van der Waals surface area contributed by atoms with Gasteiger partial charge in [0.15, 0.2) is 20.4 Å². The Bertz CT molecular complexity index is 5010. The van der Waals surface area contributed by atoms with Crippen molar-refractivity contribution in [1.82, 2.24) is 0 Å². The van der Waals surface area contributed by atoms with Crippen molar-refractivity contribution in [2.24, 2.45) is 0 Å². The molecule has 127 heavy (non-hydrogen) atoms. The second-order valence-corrected chi connectivity index (χ2v) is 29.9. The van der Waals surface area contributed by atoms with Crippen molar-refractivity contribution in [2.45, 2.75) is 157 Å². The van der Waals surface area contributed by atoms with E-state index in [0.717, 1.165) is 102 Å². The van der Waals surface area contributed by atoms with Crippen LogP contribution in [0.3, 0.4) is 0 Å². The van der Waals surface area contributed by atoms with Crippen molar-refractivity contribution in [3.05, 3.63) is 389 Å². The Hall–Kier alpha value is -12.4. The standard InChI is InChI=1S/C23H30O3.C23H24O2.C19H18O2.C18H21NO4.C17H20O2.C11H16O2/c1-2-19-8-12-23(13-9-19)26-18-24-16-17-25-22-14-10-21(11-15-22)20-6-4-3-5-7-20;1-2-19-13-15-22(16-14-19)25-23(17-20-9-5-3-6-10-20)24-18-21-11-7-4-8-12-21;1-2-15-8-9-17-13-19(11-10-16(17)12-15)21-14-20-18-6-4-3-5-7-18;1-2-15-8-10-17(11-9-15)23-14-21-12-13-22-18(20)19-16-6-4-3-5-7-16;1-3-14-9-11-16(12-10-14)19-17(18-2)13-15-7-5-4-6-8-15;1-3-10-6-5-7-11(8-10)13-9-12-4-2/h8-15,20H,2-7,16-18H2,1H3;3-16,23H,2,17-18H2,1H3;3-13H,2,14H2,1H3;3-11H,2,12-14H2,1H3,(H,19,20);4-12,17H,3,13H2,1-2H3;5-8H,3-4,9H2,1-2H3. The molecule has 16 heteroatoms. The summed E-state index contributed by atoms with van der Waals surface area (Å²) in [5.41, 5.74) is 13.5. The van der Waals surface area contributed by atoms with Crippen molar-refractivity contribution in [1.29, 1.82) is 0 Å². The average molecular weight is 1720 g/mol. The normalized spacial score (nSPS) is 11.8. The van der Waals surface area contributed by atoms with Gasteiger partial charge in [0.1, 0.15) is 59.2 Å². The SMILES string of the molecule is CCOCOc1cccc(CC)c1.CCc1ccc(OC(Cc2ccccc2)OC)cc1.CCc1ccc(OC(Cc2ccccc2)OCc2ccccc2)cc1.CCc1ccc(OCOCCOC(=O)Nc2ccccc2)cc1.CCc1ccc(OCOCCOc2ccc(C3CCCCC3)cc2)cc1.CCc1ccc2cc(OCOc3ccccc3)ccc2c1. The molecular formula is C111H129NO15. The van der Waals surface area contributed by atoms with Gasteiger partial charge >= 0.3 is 6.09 Å². The summed E-state index contributed by atoms with van der Waals surface area (Å²) in [6, 6.07) is 111. The van der Waals surface area contributed by atoms with Crippen molar-refractivity contribution in [3.63, 3.8) is 0 Å². The minimum Gasteiger partial charge on any atom is -0.491 e. The van der Waals surface area contributed by atoms with Gasteiger partial charge in [-0.3, -0.25) is 5.32 Å². The second-order valence-electron chi connectivity index (χ2n) is 29.9. The maximum Gasteiger partial charge on any atom is 0.411 e. The van der Waals surface area contributed by atoms with Crippen molar-refractivity contribution in [2.75, 3.05) is 72.6 Å². The summed E-state index contributed by atoms with van der Waals surface area (Å²) < 4.78 is 77.6. The quantitative estimate of drug-likeness (QED) is 0.0285. The van der Waals surface area contributed by atoms with Crippen LogP contribution in [0.2, 0.25) is 0 Å². The number of benzene rings is 13. The van der Waals surface area contributed by atoms with E-state index in [1.807, 2.05) is 201 Å². The molecular weight excluding hydrogens is 1590 g/mol. The number of nitrogens with one attached hydrogen (secondary N) is 1. The first kappa shape index (κ1) is 98.4. The van der Waals surface area contributed by atoms with E-state index < -0.39 is 6.09 Å². The van der Waals surface area contributed by atoms with E-state index in [1.165, 1.54) is 92.9 Å². The average Bonchev–Trinajstić information content (AvgIpc) is 0.826. The number of aryl methyl sites for hydroxylation is 6. The Labute approximate surface area is 754 Å². The molecule has 13 aromatic carbocycles. The lowest BCUT2D eigenvalue weighted by molar-refractivity contribution is -0.0880. The van der Waals surface area contributed by atoms with Crippen LogP contribution in [0.25, 0.3) is 10.8 Å². The molecule has 1 N–H and O–H groups in total. The summed E-state index contributed by atoms with van der Waals surface area (Å²) >= 11 is 0. The van der Waals surface area contributed by atoms with Gasteiger partial charge in [0.2, 0.25) is 19.4 Å². The minimum atomic E-state index is -0.504. The molecule has 0 aromatic heterocycles. The largest absolute Gasteiger partial charge is 0.491 e. The fourth-order valence-electron chi connectivity index (χ4n) is 13.2. The van der Waals surface area contributed by atoms with Crippen LogP contribution in [0.5, 0.6) is 46.0 Å². The van der Waals surface area contributed by atoms with E-state index >= 15 is 0 Å². The van der Waals surface area contributed by atoms with E-state index in [1.54, 1.807) is 19.2 Å². The van der Waals surface area contributed by atoms with Crippen LogP contribution in [0.1, 0.15) is 142 Å². The number of anilines is 1. The number of carbonyl (C=O) groups excluding carboxylic acids is 1. The highest BCUT2D eigenvalue weighted by Gasteiger charge is 2.17. The maximum atomic E-state index is 11.5. The zero-order valence-corrected chi connectivity index (χ0v) is 75.4. The number of rotatable bonds is 41. The summed E-state index contributed by atoms with van der Waals surface area (Å²) in [4.78, 5) is 11.5. The molecule has 16 nitrogen and oxygen atoms in total. The van der Waals surface area contributed by atoms with E-state index in [4.69, 9.17) is 66.3 Å². The van der Waals surface area contributed by atoms with Crippen LogP contribution in [0, 0.1) is 0 Å². The number of para-hydroxylation sites is 2. The van der Waals surface area contributed by atoms with Crippen LogP contribution in [0.4, 0.5) is 10.5 Å². The van der Waals surface area contributed by atoms with E-state index in [-0.39, 0.29) is 46.2 Å². The van der Waals surface area contributed by atoms with E-state index in [9.17, 15) is 4.79 Å². The number of hydrogen-bond donors (Lipinski definition) is 1. The zero-order chi connectivity index (χ0) is 89.2. The summed E-state index contributed by atoms with van der Waals surface area (Å²) in [6.45, 7) is 18.4. The predicted molar refractivity (Wildman–Crippen MR) is 512 cm³/mol.